The highest BCUT2D eigenvalue weighted by Crippen LogP contribution is 2.37. The Morgan fingerprint density at radius 1 is 1.42 bits per heavy atom. The molecule has 4 nitrogen and oxygen atoms in total. The zero-order chi connectivity index (χ0) is 14.2. The van der Waals surface area contributed by atoms with E-state index in [0.717, 1.165) is 25.9 Å². The lowest BCUT2D eigenvalue weighted by Crippen LogP contribution is -2.51. The second-order valence-corrected chi connectivity index (χ2v) is 7.02. The van der Waals surface area contributed by atoms with Crippen molar-refractivity contribution in [3.63, 3.8) is 0 Å². The summed E-state index contributed by atoms with van der Waals surface area (Å²) in [5.41, 5.74) is 6.04. The molecule has 1 saturated heterocycles. The predicted molar refractivity (Wildman–Crippen MR) is 77.7 cm³/mol. The van der Waals surface area contributed by atoms with Gasteiger partial charge in [0.1, 0.15) is 0 Å². The van der Waals surface area contributed by atoms with Crippen LogP contribution < -0.4 is 11.1 Å². The Morgan fingerprint density at radius 3 is 2.68 bits per heavy atom. The van der Waals surface area contributed by atoms with Crippen molar-refractivity contribution >= 4 is 5.91 Å². The molecule has 2 fully saturated rings. The van der Waals surface area contributed by atoms with E-state index in [9.17, 15) is 4.79 Å². The summed E-state index contributed by atoms with van der Waals surface area (Å²) in [6.45, 7) is 10.3. The molecule has 0 aromatic heterocycles. The van der Waals surface area contributed by atoms with Gasteiger partial charge in [-0.25, -0.2) is 0 Å². The van der Waals surface area contributed by atoms with Crippen molar-refractivity contribution in [1.82, 2.24) is 10.2 Å². The number of hydrogen-bond acceptors (Lipinski definition) is 3. The van der Waals surface area contributed by atoms with Crippen LogP contribution >= 0.6 is 0 Å². The van der Waals surface area contributed by atoms with Gasteiger partial charge in [-0.1, -0.05) is 6.92 Å². The number of fused-ring (bicyclic) bond motifs is 1. The molecule has 2 rings (SSSR count). The zero-order valence-electron chi connectivity index (χ0n) is 12.8. The Morgan fingerprint density at radius 2 is 2.11 bits per heavy atom. The lowest BCUT2D eigenvalue weighted by Gasteiger charge is -2.30. The maximum Gasteiger partial charge on any atom is 0.237 e. The van der Waals surface area contributed by atoms with Gasteiger partial charge < -0.3 is 11.1 Å². The molecule has 19 heavy (non-hydrogen) atoms. The van der Waals surface area contributed by atoms with Gasteiger partial charge in [0.15, 0.2) is 0 Å². The Kier molecular flexibility index (Phi) is 4.21. The molecule has 1 aliphatic heterocycles. The van der Waals surface area contributed by atoms with E-state index in [-0.39, 0.29) is 17.5 Å². The second kappa shape index (κ2) is 5.41. The van der Waals surface area contributed by atoms with Gasteiger partial charge >= 0.3 is 0 Å². The van der Waals surface area contributed by atoms with Crippen LogP contribution in [0.2, 0.25) is 0 Å². The first kappa shape index (κ1) is 14.8. The summed E-state index contributed by atoms with van der Waals surface area (Å²) in [5, 5.41) is 3.15. The van der Waals surface area contributed by atoms with Gasteiger partial charge in [-0.3, -0.25) is 9.69 Å². The Bertz CT molecular complexity index is 342. The highest BCUT2D eigenvalue weighted by Gasteiger charge is 2.43. The molecule has 0 radical (unpaired) electrons. The average molecular weight is 267 g/mol. The molecule has 4 atom stereocenters. The van der Waals surface area contributed by atoms with Crippen molar-refractivity contribution in [3.05, 3.63) is 0 Å². The quantitative estimate of drug-likeness (QED) is 0.808. The van der Waals surface area contributed by atoms with Crippen LogP contribution in [0.25, 0.3) is 0 Å². The van der Waals surface area contributed by atoms with Crippen molar-refractivity contribution in [2.24, 2.45) is 17.6 Å². The van der Waals surface area contributed by atoms with Crippen LogP contribution in [0.1, 0.15) is 47.0 Å². The lowest BCUT2D eigenvalue weighted by atomic mass is 9.98. The van der Waals surface area contributed by atoms with Gasteiger partial charge in [-0.15, -0.1) is 0 Å². The molecular weight excluding hydrogens is 238 g/mol. The minimum Gasteiger partial charge on any atom is -0.350 e. The van der Waals surface area contributed by atoms with E-state index < -0.39 is 0 Å². The second-order valence-electron chi connectivity index (χ2n) is 7.02. The highest BCUT2D eigenvalue weighted by molar-refractivity contribution is 5.82. The summed E-state index contributed by atoms with van der Waals surface area (Å²) in [7, 11) is 0. The van der Waals surface area contributed by atoms with Crippen molar-refractivity contribution in [2.75, 3.05) is 13.1 Å². The minimum atomic E-state index is -0.114. The molecule has 0 aromatic rings. The molecule has 2 aliphatic rings. The van der Waals surface area contributed by atoms with E-state index in [1.165, 1.54) is 6.42 Å². The number of carbonyl (C=O) groups is 1. The molecule has 1 amide bonds. The summed E-state index contributed by atoms with van der Waals surface area (Å²) in [6.07, 6.45) is 3.34. The molecule has 110 valence electrons. The average Bonchev–Trinajstić information content (AvgIpc) is 2.90. The molecule has 1 aliphatic carbocycles. The summed E-state index contributed by atoms with van der Waals surface area (Å²) < 4.78 is 0. The van der Waals surface area contributed by atoms with Crippen LogP contribution in [-0.4, -0.2) is 41.5 Å². The van der Waals surface area contributed by atoms with Gasteiger partial charge in [0.05, 0.1) is 6.04 Å². The third kappa shape index (κ3) is 3.11. The smallest absolute Gasteiger partial charge is 0.237 e. The molecule has 1 heterocycles. The van der Waals surface area contributed by atoms with Crippen LogP contribution in [0.15, 0.2) is 0 Å². The lowest BCUT2D eigenvalue weighted by molar-refractivity contribution is -0.127. The molecule has 4 unspecified atom stereocenters. The Labute approximate surface area is 117 Å². The van der Waals surface area contributed by atoms with Crippen LogP contribution in [0.5, 0.6) is 0 Å². The first-order valence-electron chi connectivity index (χ1n) is 7.65. The van der Waals surface area contributed by atoms with Gasteiger partial charge in [-0.05, 0) is 51.9 Å². The number of hydrogen-bond donors (Lipinski definition) is 2. The molecule has 1 saturated carbocycles. The van der Waals surface area contributed by atoms with Crippen LogP contribution in [-0.2, 0) is 4.79 Å². The molecule has 0 spiro atoms. The highest BCUT2D eigenvalue weighted by atomic mass is 16.2. The van der Waals surface area contributed by atoms with Crippen LogP contribution in [0, 0.1) is 11.8 Å². The summed E-state index contributed by atoms with van der Waals surface area (Å²) in [4.78, 5) is 14.6. The number of nitrogens with zero attached hydrogens (tertiary/aromatic N) is 1. The van der Waals surface area contributed by atoms with Gasteiger partial charge in [0.25, 0.3) is 0 Å². The summed E-state index contributed by atoms with van der Waals surface area (Å²) >= 11 is 0. The molecule has 4 heteroatoms. The fourth-order valence-corrected chi connectivity index (χ4v) is 3.35. The van der Waals surface area contributed by atoms with Crippen molar-refractivity contribution in [1.29, 1.82) is 0 Å². The molecule has 0 aromatic carbocycles. The first-order valence-corrected chi connectivity index (χ1v) is 7.65. The third-order valence-electron chi connectivity index (χ3n) is 5.21. The van der Waals surface area contributed by atoms with Crippen molar-refractivity contribution in [3.8, 4) is 0 Å². The van der Waals surface area contributed by atoms with E-state index in [4.69, 9.17) is 5.73 Å². The molecular formula is C15H29N3O. The maximum absolute atomic E-state index is 12.3. The monoisotopic (exact) mass is 267 g/mol. The third-order valence-corrected chi connectivity index (χ3v) is 5.21. The molecule has 0 bridgehead atoms. The van der Waals surface area contributed by atoms with Gasteiger partial charge in [-0.2, -0.15) is 0 Å². The topological polar surface area (TPSA) is 58.4 Å². The van der Waals surface area contributed by atoms with E-state index in [0.29, 0.717) is 17.9 Å². The number of rotatable bonds is 4. The van der Waals surface area contributed by atoms with E-state index >= 15 is 0 Å². The first-order chi connectivity index (χ1) is 8.84. The Balaban J connectivity index is 1.91. The number of amides is 1. The van der Waals surface area contributed by atoms with E-state index in [2.05, 4.69) is 31.0 Å². The van der Waals surface area contributed by atoms with Crippen molar-refractivity contribution < 1.29 is 4.79 Å². The number of nitrogens with two attached hydrogens (primary N) is 1. The maximum atomic E-state index is 12.3. The fraction of sp³-hybridized carbons (Fsp3) is 0.933. The van der Waals surface area contributed by atoms with Crippen molar-refractivity contribution in [2.45, 2.75) is 64.6 Å². The normalized spacial score (nSPS) is 33.2. The van der Waals surface area contributed by atoms with Crippen LogP contribution in [0.4, 0.5) is 0 Å². The zero-order valence-corrected chi connectivity index (χ0v) is 12.8. The van der Waals surface area contributed by atoms with Crippen LogP contribution in [0.3, 0.4) is 0 Å². The Hall–Kier alpha value is -0.610. The van der Waals surface area contributed by atoms with E-state index in [1.54, 1.807) is 0 Å². The standard InChI is InChI=1S/C15H29N3O/c1-5-15(3,4)17-14(19)10(2)18-8-11-6-7-13(16)12(11)9-18/h10-13H,5-9,16H2,1-4H3,(H,17,19). The predicted octanol–water partition coefficient (Wildman–Crippen LogP) is 1.35. The summed E-state index contributed by atoms with van der Waals surface area (Å²) in [6, 6.07) is 0.306. The molecule has 3 N–H and O–H groups in total. The van der Waals surface area contributed by atoms with Gasteiger partial charge in [0.2, 0.25) is 5.91 Å². The van der Waals surface area contributed by atoms with Gasteiger partial charge in [0, 0.05) is 24.7 Å². The minimum absolute atomic E-state index is 0.0383. The fourth-order valence-electron chi connectivity index (χ4n) is 3.35. The summed E-state index contributed by atoms with van der Waals surface area (Å²) in [5.74, 6) is 1.47. The largest absolute Gasteiger partial charge is 0.350 e. The number of nitrogens with one attached hydrogen (secondary N) is 1. The van der Waals surface area contributed by atoms with E-state index in [1.807, 2.05) is 6.92 Å². The SMILES string of the molecule is CCC(C)(C)NC(=O)C(C)N1CC2CCC(N)C2C1. The number of carbonyl (C=O) groups excluding carboxylic acids is 1. The number of likely N-dealkylation sites (tertiary alicyclic amines) is 1.